The highest BCUT2D eigenvalue weighted by Gasteiger charge is 2.31. The van der Waals surface area contributed by atoms with E-state index in [4.69, 9.17) is 5.26 Å². The Hall–Kier alpha value is -2.65. The van der Waals surface area contributed by atoms with Crippen molar-refractivity contribution in [3.05, 3.63) is 53.1 Å². The van der Waals surface area contributed by atoms with Gasteiger partial charge in [0.15, 0.2) is 0 Å². The molecule has 3 rings (SSSR count). The van der Waals surface area contributed by atoms with Crippen LogP contribution in [0.1, 0.15) is 33.4 Å². The van der Waals surface area contributed by atoms with E-state index < -0.39 is 0 Å². The summed E-state index contributed by atoms with van der Waals surface area (Å²) in [6, 6.07) is 7.41. The number of rotatable bonds is 2. The van der Waals surface area contributed by atoms with Gasteiger partial charge in [-0.25, -0.2) is 4.98 Å². The quantitative estimate of drug-likeness (QED) is 0.844. The van der Waals surface area contributed by atoms with E-state index in [1.165, 1.54) is 0 Å². The van der Waals surface area contributed by atoms with Crippen molar-refractivity contribution in [2.45, 2.75) is 13.0 Å². The third-order valence-electron chi connectivity index (χ3n) is 4.68. The third-order valence-corrected chi connectivity index (χ3v) is 4.68. The Morgan fingerprint density at radius 3 is 2.75 bits per heavy atom. The van der Waals surface area contributed by atoms with Crippen LogP contribution in [-0.2, 0) is 7.05 Å². The van der Waals surface area contributed by atoms with E-state index in [2.05, 4.69) is 23.0 Å². The standard InChI is InChI=1S/C18H21N5O/c1-13-10-14(11-19)4-5-15(13)18(24)23-9-8-21(2)16(12-23)17-20-6-7-22(17)3/h4-7,10,16H,8-9,12H2,1-3H3/t16-/m1/s1. The summed E-state index contributed by atoms with van der Waals surface area (Å²) in [7, 11) is 4.04. The van der Waals surface area contributed by atoms with Crippen LogP contribution in [0.2, 0.25) is 0 Å². The second-order valence-corrected chi connectivity index (χ2v) is 6.29. The van der Waals surface area contributed by atoms with Crippen LogP contribution >= 0.6 is 0 Å². The molecule has 1 fully saturated rings. The summed E-state index contributed by atoms with van der Waals surface area (Å²) >= 11 is 0. The lowest BCUT2D eigenvalue weighted by atomic mass is 10.0. The lowest BCUT2D eigenvalue weighted by molar-refractivity contribution is 0.0528. The number of likely N-dealkylation sites (N-methyl/N-ethyl adjacent to an activating group) is 1. The first-order chi connectivity index (χ1) is 11.5. The van der Waals surface area contributed by atoms with Crippen LogP contribution in [0.15, 0.2) is 30.6 Å². The molecule has 0 saturated carbocycles. The molecule has 1 atom stereocenters. The molecule has 0 aliphatic carbocycles. The van der Waals surface area contributed by atoms with E-state index in [0.29, 0.717) is 24.2 Å². The van der Waals surface area contributed by atoms with E-state index in [-0.39, 0.29) is 11.9 Å². The average molecular weight is 323 g/mol. The average Bonchev–Trinajstić information content (AvgIpc) is 3.00. The molecule has 124 valence electrons. The van der Waals surface area contributed by atoms with Crippen LogP contribution in [0.4, 0.5) is 0 Å². The molecule has 0 spiro atoms. The number of hydrogen-bond donors (Lipinski definition) is 0. The molecular formula is C18H21N5O. The maximum Gasteiger partial charge on any atom is 0.254 e. The molecule has 2 aromatic rings. The molecular weight excluding hydrogens is 302 g/mol. The van der Waals surface area contributed by atoms with Gasteiger partial charge in [0.05, 0.1) is 17.7 Å². The van der Waals surface area contributed by atoms with Gasteiger partial charge in [-0.05, 0) is 37.7 Å². The van der Waals surface area contributed by atoms with Gasteiger partial charge in [0.1, 0.15) is 5.82 Å². The fourth-order valence-corrected chi connectivity index (χ4v) is 3.18. The summed E-state index contributed by atoms with van der Waals surface area (Å²) in [5.74, 6) is 0.982. The number of carbonyl (C=O) groups is 1. The number of nitriles is 1. The van der Waals surface area contributed by atoms with Gasteiger partial charge in [0.25, 0.3) is 5.91 Å². The highest BCUT2D eigenvalue weighted by Crippen LogP contribution is 2.24. The van der Waals surface area contributed by atoms with Gasteiger partial charge in [-0.3, -0.25) is 9.69 Å². The highest BCUT2D eigenvalue weighted by atomic mass is 16.2. The van der Waals surface area contributed by atoms with E-state index in [9.17, 15) is 4.79 Å². The molecule has 6 heteroatoms. The molecule has 1 aromatic carbocycles. The lowest BCUT2D eigenvalue weighted by Gasteiger charge is -2.39. The van der Waals surface area contributed by atoms with Gasteiger partial charge in [-0.2, -0.15) is 5.26 Å². The summed E-state index contributed by atoms with van der Waals surface area (Å²) in [5, 5.41) is 8.98. The van der Waals surface area contributed by atoms with Crippen molar-refractivity contribution >= 4 is 5.91 Å². The van der Waals surface area contributed by atoms with Crippen molar-refractivity contribution < 1.29 is 4.79 Å². The molecule has 0 bridgehead atoms. The van der Waals surface area contributed by atoms with Crippen molar-refractivity contribution in [2.24, 2.45) is 7.05 Å². The SMILES string of the molecule is Cc1cc(C#N)ccc1C(=O)N1CCN(C)[C@@H](c2nccn2C)C1. The topological polar surface area (TPSA) is 65.2 Å². The number of amides is 1. The Morgan fingerprint density at radius 2 is 2.12 bits per heavy atom. The molecule has 1 aliphatic rings. The molecule has 6 nitrogen and oxygen atoms in total. The normalized spacial score (nSPS) is 18.4. The molecule has 0 radical (unpaired) electrons. The lowest BCUT2D eigenvalue weighted by Crippen LogP contribution is -2.49. The number of piperazine rings is 1. The largest absolute Gasteiger partial charge is 0.337 e. The van der Waals surface area contributed by atoms with E-state index in [1.807, 2.05) is 29.6 Å². The summed E-state index contributed by atoms with van der Waals surface area (Å²) < 4.78 is 2.00. The van der Waals surface area contributed by atoms with Crippen LogP contribution < -0.4 is 0 Å². The molecule has 1 aliphatic heterocycles. The van der Waals surface area contributed by atoms with Crippen molar-refractivity contribution in [2.75, 3.05) is 26.7 Å². The molecule has 0 N–H and O–H groups in total. The summed E-state index contributed by atoms with van der Waals surface area (Å²) in [5.41, 5.74) is 2.08. The fraction of sp³-hybridized carbons (Fsp3) is 0.389. The minimum absolute atomic E-state index is 0.0179. The zero-order chi connectivity index (χ0) is 17.3. The van der Waals surface area contributed by atoms with Gasteiger partial charge < -0.3 is 9.47 Å². The first kappa shape index (κ1) is 16.2. The molecule has 1 aromatic heterocycles. The predicted molar refractivity (Wildman–Crippen MR) is 90.4 cm³/mol. The van der Waals surface area contributed by atoms with Crippen LogP contribution in [0.25, 0.3) is 0 Å². The maximum atomic E-state index is 12.9. The summed E-state index contributed by atoms with van der Waals surface area (Å²) in [4.78, 5) is 21.5. The molecule has 0 unspecified atom stereocenters. The van der Waals surface area contributed by atoms with Gasteiger partial charge in [0.2, 0.25) is 0 Å². The molecule has 1 saturated heterocycles. The van der Waals surface area contributed by atoms with Gasteiger partial charge >= 0.3 is 0 Å². The number of imidazole rings is 1. The monoisotopic (exact) mass is 323 g/mol. The second kappa shape index (κ2) is 6.46. The van der Waals surface area contributed by atoms with Crippen LogP contribution in [0, 0.1) is 18.3 Å². The Bertz CT molecular complexity index is 804. The van der Waals surface area contributed by atoms with Gasteiger partial charge in [0, 0.05) is 44.6 Å². The number of aromatic nitrogens is 2. The summed E-state index contributed by atoms with van der Waals surface area (Å²) in [6.45, 7) is 3.98. The smallest absolute Gasteiger partial charge is 0.254 e. The highest BCUT2D eigenvalue weighted by molar-refractivity contribution is 5.95. The minimum Gasteiger partial charge on any atom is -0.337 e. The Balaban J connectivity index is 1.83. The number of benzene rings is 1. The van der Waals surface area contributed by atoms with Gasteiger partial charge in [-0.1, -0.05) is 0 Å². The Morgan fingerprint density at radius 1 is 1.33 bits per heavy atom. The minimum atomic E-state index is 0.0179. The Labute approximate surface area is 141 Å². The van der Waals surface area contributed by atoms with Gasteiger partial charge in [-0.15, -0.1) is 0 Å². The van der Waals surface area contributed by atoms with Crippen molar-refractivity contribution in [3.8, 4) is 6.07 Å². The zero-order valence-corrected chi connectivity index (χ0v) is 14.2. The van der Waals surface area contributed by atoms with E-state index in [1.54, 1.807) is 24.4 Å². The first-order valence-electron chi connectivity index (χ1n) is 7.98. The number of hydrogen-bond acceptors (Lipinski definition) is 4. The Kier molecular flexibility index (Phi) is 4.36. The molecule has 1 amide bonds. The van der Waals surface area contributed by atoms with Crippen molar-refractivity contribution in [3.63, 3.8) is 0 Å². The van der Waals surface area contributed by atoms with E-state index in [0.717, 1.165) is 17.9 Å². The number of aryl methyl sites for hydroxylation is 2. The number of carbonyl (C=O) groups excluding carboxylic acids is 1. The molecule has 24 heavy (non-hydrogen) atoms. The van der Waals surface area contributed by atoms with Crippen molar-refractivity contribution in [1.82, 2.24) is 19.4 Å². The second-order valence-electron chi connectivity index (χ2n) is 6.29. The fourth-order valence-electron chi connectivity index (χ4n) is 3.18. The first-order valence-corrected chi connectivity index (χ1v) is 7.98. The third kappa shape index (κ3) is 2.91. The van der Waals surface area contributed by atoms with Crippen molar-refractivity contribution in [1.29, 1.82) is 5.26 Å². The van der Waals surface area contributed by atoms with Crippen LogP contribution in [0.3, 0.4) is 0 Å². The van der Waals surface area contributed by atoms with E-state index >= 15 is 0 Å². The molecule has 2 heterocycles. The van der Waals surface area contributed by atoms with Crippen LogP contribution in [0.5, 0.6) is 0 Å². The van der Waals surface area contributed by atoms with Crippen LogP contribution in [-0.4, -0.2) is 51.9 Å². The maximum absolute atomic E-state index is 12.9. The zero-order valence-electron chi connectivity index (χ0n) is 14.2. The number of nitrogens with zero attached hydrogens (tertiary/aromatic N) is 5. The predicted octanol–water partition coefficient (Wildman–Crippen LogP) is 1.73. The summed E-state index contributed by atoms with van der Waals surface area (Å²) in [6.07, 6.45) is 3.71.